The Kier molecular flexibility index (Phi) is 13.0. The lowest BCUT2D eigenvalue weighted by Gasteiger charge is -2.17. The zero-order valence-corrected chi connectivity index (χ0v) is 20.2. The average molecular weight is 533 g/mol. The van der Waals surface area contributed by atoms with Gasteiger partial charge in [0.25, 0.3) is 0 Å². The number of benzene rings is 1. The molecule has 0 fully saturated rings. The van der Waals surface area contributed by atoms with Crippen LogP contribution in [0, 0.1) is 0 Å². The zero-order valence-electron chi connectivity index (χ0n) is 16.3. The number of sulfonamides is 1. The highest BCUT2D eigenvalue weighted by Gasteiger charge is 2.13. The summed E-state index contributed by atoms with van der Waals surface area (Å²) < 4.78 is 29.9. The van der Waals surface area contributed by atoms with Crippen molar-refractivity contribution in [3.8, 4) is 5.75 Å². The highest BCUT2D eigenvalue weighted by atomic mass is 127. The Morgan fingerprint density at radius 1 is 1.30 bits per heavy atom. The number of ether oxygens (including phenoxy) is 1. The van der Waals surface area contributed by atoms with Crippen LogP contribution in [-0.4, -0.2) is 65.3 Å². The first-order chi connectivity index (χ1) is 12.3. The van der Waals surface area contributed by atoms with Gasteiger partial charge in [-0.25, -0.2) is 12.7 Å². The van der Waals surface area contributed by atoms with E-state index in [2.05, 4.69) is 15.6 Å². The molecule has 0 aliphatic heterocycles. The average Bonchev–Trinajstić information content (AvgIpc) is 2.64. The van der Waals surface area contributed by atoms with Crippen molar-refractivity contribution in [1.82, 2.24) is 14.9 Å². The Morgan fingerprint density at radius 3 is 2.52 bits per heavy atom. The topological polar surface area (TPSA) is 83.0 Å². The third kappa shape index (κ3) is 9.31. The Balaban J connectivity index is 0.00000676. The maximum Gasteiger partial charge on any atom is 0.213 e. The van der Waals surface area contributed by atoms with E-state index < -0.39 is 10.0 Å². The van der Waals surface area contributed by atoms with E-state index in [0.29, 0.717) is 37.0 Å². The van der Waals surface area contributed by atoms with Crippen LogP contribution in [0.15, 0.2) is 23.2 Å². The largest absolute Gasteiger partial charge is 0.497 e. The second-order valence-electron chi connectivity index (χ2n) is 5.71. The number of rotatable bonds is 10. The van der Waals surface area contributed by atoms with Crippen LogP contribution in [0.2, 0.25) is 5.02 Å². The van der Waals surface area contributed by atoms with Crippen LogP contribution in [0.3, 0.4) is 0 Å². The molecule has 0 unspecified atom stereocenters. The lowest BCUT2D eigenvalue weighted by molar-refractivity contribution is 0.414. The molecule has 0 spiro atoms. The fourth-order valence-corrected chi connectivity index (χ4v) is 3.37. The van der Waals surface area contributed by atoms with E-state index in [1.165, 1.54) is 4.31 Å². The van der Waals surface area contributed by atoms with Gasteiger partial charge in [-0.3, -0.25) is 4.99 Å². The molecule has 2 N–H and O–H groups in total. The lowest BCUT2D eigenvalue weighted by atomic mass is 10.1. The molecule has 1 rings (SSSR count). The van der Waals surface area contributed by atoms with Gasteiger partial charge < -0.3 is 15.4 Å². The predicted molar refractivity (Wildman–Crippen MR) is 123 cm³/mol. The van der Waals surface area contributed by atoms with Crippen molar-refractivity contribution in [2.24, 2.45) is 4.99 Å². The van der Waals surface area contributed by atoms with Crippen molar-refractivity contribution in [1.29, 1.82) is 0 Å². The highest BCUT2D eigenvalue weighted by Crippen LogP contribution is 2.22. The molecule has 1 aromatic rings. The zero-order chi connectivity index (χ0) is 19.6. The molecule has 0 atom stereocenters. The summed E-state index contributed by atoms with van der Waals surface area (Å²) in [4.78, 5) is 4.16. The number of methoxy groups -OCH3 is 1. The number of hydrogen-bond acceptors (Lipinski definition) is 4. The van der Waals surface area contributed by atoms with Crippen molar-refractivity contribution in [2.75, 3.05) is 46.6 Å². The van der Waals surface area contributed by atoms with E-state index in [9.17, 15) is 8.42 Å². The minimum atomic E-state index is -3.12. The molecule has 27 heavy (non-hydrogen) atoms. The number of hydrogen-bond donors (Lipinski definition) is 2. The van der Waals surface area contributed by atoms with Crippen molar-refractivity contribution in [3.05, 3.63) is 28.8 Å². The number of guanidine groups is 1. The summed E-state index contributed by atoms with van der Waals surface area (Å²) in [7, 11) is 1.79. The Hall–Kier alpha value is -0.780. The van der Waals surface area contributed by atoms with Crippen LogP contribution < -0.4 is 15.4 Å². The predicted octanol–water partition coefficient (Wildman–Crippen LogP) is 2.35. The molecule has 10 heteroatoms. The van der Waals surface area contributed by atoms with Gasteiger partial charge in [-0.1, -0.05) is 17.7 Å². The normalized spacial score (nSPS) is 11.9. The first-order valence-electron chi connectivity index (χ1n) is 8.55. The third-order valence-electron chi connectivity index (χ3n) is 3.95. The summed E-state index contributed by atoms with van der Waals surface area (Å²) in [5.41, 5.74) is 1.03. The van der Waals surface area contributed by atoms with E-state index in [4.69, 9.17) is 16.3 Å². The van der Waals surface area contributed by atoms with Crippen molar-refractivity contribution < 1.29 is 13.2 Å². The van der Waals surface area contributed by atoms with E-state index in [0.717, 1.165) is 17.7 Å². The molecule has 156 valence electrons. The van der Waals surface area contributed by atoms with E-state index in [1.807, 2.05) is 12.1 Å². The molecule has 0 aliphatic rings. The number of aliphatic imine (C=N–C) groups is 1. The summed E-state index contributed by atoms with van der Waals surface area (Å²) in [6.07, 6.45) is 1.45. The van der Waals surface area contributed by atoms with Crippen molar-refractivity contribution in [3.63, 3.8) is 0 Å². The maximum absolute atomic E-state index is 11.7. The minimum absolute atomic E-state index is 0. The van der Waals surface area contributed by atoms with Crippen LogP contribution in [0.4, 0.5) is 0 Å². The number of nitrogens with zero attached hydrogens (tertiary/aromatic N) is 2. The Labute approximate surface area is 185 Å². The van der Waals surface area contributed by atoms with Crippen LogP contribution >= 0.6 is 35.6 Å². The second-order valence-corrected chi connectivity index (χ2v) is 8.48. The Morgan fingerprint density at radius 2 is 1.96 bits per heavy atom. The first kappa shape index (κ1) is 26.2. The molecule has 0 saturated carbocycles. The van der Waals surface area contributed by atoms with Gasteiger partial charge in [0.05, 0.1) is 12.9 Å². The molecule has 0 amide bonds. The molecule has 0 radical (unpaired) electrons. The van der Waals surface area contributed by atoms with Gasteiger partial charge >= 0.3 is 0 Å². The molecule has 0 aromatic heterocycles. The molecule has 0 saturated heterocycles. The molecular weight excluding hydrogens is 503 g/mol. The monoisotopic (exact) mass is 532 g/mol. The Bertz CT molecular complexity index is 701. The smallest absolute Gasteiger partial charge is 0.213 e. The van der Waals surface area contributed by atoms with Crippen LogP contribution in [0.5, 0.6) is 5.75 Å². The van der Waals surface area contributed by atoms with Crippen molar-refractivity contribution in [2.45, 2.75) is 19.8 Å². The molecule has 7 nitrogen and oxygen atoms in total. The van der Waals surface area contributed by atoms with Gasteiger partial charge in [-0.15, -0.1) is 24.0 Å². The summed E-state index contributed by atoms with van der Waals surface area (Å²) in [6, 6.07) is 5.63. The summed E-state index contributed by atoms with van der Waals surface area (Å²) in [5, 5.41) is 7.07. The molecule has 1 aromatic carbocycles. The van der Waals surface area contributed by atoms with Crippen LogP contribution in [-0.2, 0) is 16.4 Å². The number of halogens is 2. The van der Waals surface area contributed by atoms with Gasteiger partial charge in [0.2, 0.25) is 10.0 Å². The third-order valence-corrected chi connectivity index (χ3v) is 6.17. The second kappa shape index (κ2) is 13.4. The van der Waals surface area contributed by atoms with Gasteiger partial charge in [-0.2, -0.15) is 0 Å². The SMILES string of the molecule is CCS(=O)(=O)N(C)CCCNC(=NC)NCCc1ccc(OC)cc1Cl.I. The summed E-state index contributed by atoms with van der Waals surface area (Å²) >= 11 is 6.23. The number of nitrogens with one attached hydrogen (secondary N) is 2. The molecule has 0 heterocycles. The molecular formula is C17H30ClIN4O3S. The molecule has 0 aliphatic carbocycles. The highest BCUT2D eigenvalue weighted by molar-refractivity contribution is 14.0. The quantitative estimate of drug-likeness (QED) is 0.209. The fraction of sp³-hybridized carbons (Fsp3) is 0.588. The minimum Gasteiger partial charge on any atom is -0.497 e. The maximum atomic E-state index is 11.7. The summed E-state index contributed by atoms with van der Waals surface area (Å²) in [5.74, 6) is 1.53. The van der Waals surface area contributed by atoms with E-state index >= 15 is 0 Å². The van der Waals surface area contributed by atoms with E-state index in [-0.39, 0.29) is 29.7 Å². The fourth-order valence-electron chi connectivity index (χ4n) is 2.26. The first-order valence-corrected chi connectivity index (χ1v) is 10.5. The van der Waals surface area contributed by atoms with E-state index in [1.54, 1.807) is 34.2 Å². The molecule has 0 bridgehead atoms. The van der Waals surface area contributed by atoms with Crippen molar-refractivity contribution >= 4 is 51.6 Å². The van der Waals surface area contributed by atoms with Crippen LogP contribution in [0.25, 0.3) is 0 Å². The van der Waals surface area contributed by atoms with Gasteiger partial charge in [0.1, 0.15) is 5.75 Å². The summed E-state index contributed by atoms with van der Waals surface area (Å²) in [6.45, 7) is 3.43. The van der Waals surface area contributed by atoms with Crippen LogP contribution in [0.1, 0.15) is 18.9 Å². The lowest BCUT2D eigenvalue weighted by Crippen LogP contribution is -2.40. The van der Waals surface area contributed by atoms with Gasteiger partial charge in [-0.05, 0) is 37.5 Å². The van der Waals surface area contributed by atoms with Gasteiger partial charge in [0, 0.05) is 38.8 Å². The van der Waals surface area contributed by atoms with Gasteiger partial charge in [0.15, 0.2) is 5.96 Å². The standard InChI is InChI=1S/C17H29ClN4O3S.HI/c1-5-26(23,24)22(3)12-6-10-20-17(19-2)21-11-9-14-7-8-15(25-4)13-16(14)18;/h7-8,13H,5-6,9-12H2,1-4H3,(H2,19,20,21);1H.